The maximum atomic E-state index is 12.7. The first-order valence-electron chi connectivity index (χ1n) is 10.2. The fraction of sp³-hybridized carbons (Fsp3) is 0.409. The molecule has 0 unspecified atom stereocenters. The Kier molecular flexibility index (Phi) is 7.27. The smallest absolute Gasteiger partial charge is 0.241 e. The second kappa shape index (κ2) is 9.91. The Labute approximate surface area is 183 Å². The van der Waals surface area contributed by atoms with Gasteiger partial charge in [0.15, 0.2) is 11.5 Å². The number of benzene rings is 2. The van der Waals surface area contributed by atoms with Crippen LogP contribution in [0.2, 0.25) is 0 Å². The van der Waals surface area contributed by atoms with Crippen LogP contribution in [-0.2, 0) is 14.8 Å². The molecule has 1 N–H and O–H groups in total. The summed E-state index contributed by atoms with van der Waals surface area (Å²) < 4.78 is 42.4. The zero-order valence-corrected chi connectivity index (χ0v) is 18.8. The minimum atomic E-state index is -3.66. The van der Waals surface area contributed by atoms with Gasteiger partial charge in [0, 0.05) is 0 Å². The van der Waals surface area contributed by atoms with E-state index < -0.39 is 15.9 Å². The lowest BCUT2D eigenvalue weighted by atomic mass is 10.1. The van der Waals surface area contributed by atoms with Crippen LogP contribution in [-0.4, -0.2) is 46.9 Å². The van der Waals surface area contributed by atoms with Crippen molar-refractivity contribution in [1.29, 1.82) is 0 Å². The van der Waals surface area contributed by atoms with Crippen molar-refractivity contribution in [3.05, 3.63) is 48.0 Å². The number of fused-ring (bicyclic) bond motifs is 1. The van der Waals surface area contributed by atoms with E-state index in [2.05, 4.69) is 5.32 Å². The SMILES string of the molecule is CCCOc1ccc(N(CC(=O)N[C@H](C)c2ccc3c(c2)OCCO3)S(C)(=O)=O)cc1. The molecule has 0 saturated heterocycles. The number of sulfonamides is 1. The maximum Gasteiger partial charge on any atom is 0.241 e. The molecule has 3 rings (SSSR count). The van der Waals surface area contributed by atoms with Gasteiger partial charge in [-0.1, -0.05) is 13.0 Å². The average Bonchev–Trinajstić information content (AvgIpc) is 2.75. The highest BCUT2D eigenvalue weighted by molar-refractivity contribution is 7.92. The summed E-state index contributed by atoms with van der Waals surface area (Å²) in [6.07, 6.45) is 1.95. The summed E-state index contributed by atoms with van der Waals surface area (Å²) in [5.74, 6) is 1.53. The summed E-state index contributed by atoms with van der Waals surface area (Å²) in [6.45, 7) is 5.06. The van der Waals surface area contributed by atoms with E-state index in [1.165, 1.54) is 0 Å². The van der Waals surface area contributed by atoms with Crippen LogP contribution in [0.1, 0.15) is 31.9 Å². The van der Waals surface area contributed by atoms with Gasteiger partial charge in [0.25, 0.3) is 0 Å². The molecule has 1 heterocycles. The molecular weight excluding hydrogens is 420 g/mol. The second-order valence-corrected chi connectivity index (χ2v) is 9.21. The molecule has 1 aliphatic rings. The maximum absolute atomic E-state index is 12.7. The van der Waals surface area contributed by atoms with E-state index in [9.17, 15) is 13.2 Å². The molecule has 0 aliphatic carbocycles. The van der Waals surface area contributed by atoms with E-state index in [0.717, 1.165) is 22.5 Å². The number of ether oxygens (including phenoxy) is 3. The molecule has 1 aliphatic heterocycles. The van der Waals surface area contributed by atoms with Gasteiger partial charge in [-0.2, -0.15) is 0 Å². The summed E-state index contributed by atoms with van der Waals surface area (Å²) in [7, 11) is -3.66. The summed E-state index contributed by atoms with van der Waals surface area (Å²) in [5, 5.41) is 2.85. The molecule has 0 aromatic heterocycles. The van der Waals surface area contributed by atoms with Crippen LogP contribution >= 0.6 is 0 Å². The summed E-state index contributed by atoms with van der Waals surface area (Å²) in [4.78, 5) is 12.7. The summed E-state index contributed by atoms with van der Waals surface area (Å²) >= 11 is 0. The lowest BCUT2D eigenvalue weighted by Gasteiger charge is -2.24. The van der Waals surface area contributed by atoms with Gasteiger partial charge in [0.05, 0.1) is 24.6 Å². The number of rotatable bonds is 9. The van der Waals surface area contributed by atoms with Crippen LogP contribution in [0.25, 0.3) is 0 Å². The van der Waals surface area contributed by atoms with E-state index in [-0.39, 0.29) is 12.6 Å². The second-order valence-electron chi connectivity index (χ2n) is 7.30. The highest BCUT2D eigenvalue weighted by Crippen LogP contribution is 2.32. The fourth-order valence-corrected chi connectivity index (χ4v) is 4.02. The number of carbonyl (C=O) groups is 1. The molecule has 168 valence electrons. The molecule has 0 saturated carbocycles. The van der Waals surface area contributed by atoms with Crippen molar-refractivity contribution >= 4 is 21.6 Å². The molecule has 0 fully saturated rings. The van der Waals surface area contributed by atoms with Crippen LogP contribution in [0, 0.1) is 0 Å². The molecule has 2 aromatic rings. The van der Waals surface area contributed by atoms with Gasteiger partial charge in [-0.15, -0.1) is 0 Å². The van der Waals surface area contributed by atoms with Crippen LogP contribution in [0.3, 0.4) is 0 Å². The number of nitrogens with one attached hydrogen (secondary N) is 1. The molecule has 0 spiro atoms. The molecule has 31 heavy (non-hydrogen) atoms. The van der Waals surface area contributed by atoms with Crippen molar-refractivity contribution in [3.8, 4) is 17.2 Å². The number of anilines is 1. The van der Waals surface area contributed by atoms with Gasteiger partial charge in [0.1, 0.15) is 25.5 Å². The van der Waals surface area contributed by atoms with Gasteiger partial charge in [0.2, 0.25) is 15.9 Å². The Balaban J connectivity index is 1.68. The fourth-order valence-electron chi connectivity index (χ4n) is 3.16. The van der Waals surface area contributed by atoms with Crippen molar-refractivity contribution in [2.24, 2.45) is 0 Å². The highest BCUT2D eigenvalue weighted by Gasteiger charge is 2.22. The van der Waals surface area contributed by atoms with E-state index in [1.54, 1.807) is 30.3 Å². The Bertz CT molecular complexity index is 1010. The number of carbonyl (C=O) groups excluding carboxylic acids is 1. The van der Waals surface area contributed by atoms with Crippen molar-refractivity contribution in [2.75, 3.05) is 36.9 Å². The Morgan fingerprint density at radius 3 is 2.45 bits per heavy atom. The third kappa shape index (κ3) is 6.04. The third-order valence-electron chi connectivity index (χ3n) is 4.73. The lowest BCUT2D eigenvalue weighted by molar-refractivity contribution is -0.120. The molecule has 2 aromatic carbocycles. The molecule has 8 nitrogen and oxygen atoms in total. The Hall–Kier alpha value is -2.94. The first-order valence-corrected chi connectivity index (χ1v) is 12.0. The minimum absolute atomic E-state index is 0.330. The highest BCUT2D eigenvalue weighted by atomic mass is 32.2. The van der Waals surface area contributed by atoms with Crippen molar-refractivity contribution < 1.29 is 27.4 Å². The van der Waals surface area contributed by atoms with Gasteiger partial charge in [-0.3, -0.25) is 9.10 Å². The van der Waals surface area contributed by atoms with E-state index in [1.807, 2.05) is 26.0 Å². The predicted molar refractivity (Wildman–Crippen MR) is 118 cm³/mol. The van der Waals surface area contributed by atoms with Crippen LogP contribution in [0.5, 0.6) is 17.2 Å². The monoisotopic (exact) mass is 448 g/mol. The van der Waals surface area contributed by atoms with Gasteiger partial charge in [-0.25, -0.2) is 8.42 Å². The number of amides is 1. The largest absolute Gasteiger partial charge is 0.494 e. The van der Waals surface area contributed by atoms with Crippen LogP contribution in [0.15, 0.2) is 42.5 Å². The van der Waals surface area contributed by atoms with Gasteiger partial charge in [-0.05, 0) is 55.3 Å². The third-order valence-corrected chi connectivity index (χ3v) is 5.87. The van der Waals surface area contributed by atoms with Gasteiger partial charge >= 0.3 is 0 Å². The Morgan fingerprint density at radius 2 is 1.81 bits per heavy atom. The number of hydrogen-bond donors (Lipinski definition) is 1. The topological polar surface area (TPSA) is 94.2 Å². The zero-order valence-electron chi connectivity index (χ0n) is 18.0. The van der Waals surface area contributed by atoms with Crippen LogP contribution < -0.4 is 23.8 Å². The average molecular weight is 449 g/mol. The molecule has 1 amide bonds. The van der Waals surface area contributed by atoms with Crippen molar-refractivity contribution in [3.63, 3.8) is 0 Å². The van der Waals surface area contributed by atoms with Crippen molar-refractivity contribution in [2.45, 2.75) is 26.3 Å². The molecule has 0 bridgehead atoms. The minimum Gasteiger partial charge on any atom is -0.494 e. The zero-order chi connectivity index (χ0) is 22.4. The predicted octanol–water partition coefficient (Wildman–Crippen LogP) is 2.89. The van der Waals surface area contributed by atoms with E-state index in [0.29, 0.717) is 42.8 Å². The van der Waals surface area contributed by atoms with Crippen molar-refractivity contribution in [1.82, 2.24) is 5.32 Å². The molecule has 9 heteroatoms. The molecule has 1 atom stereocenters. The standard InChI is InChI=1S/C22H28N2O6S/c1-4-11-28-19-8-6-18(7-9-19)24(31(3,26)27)15-22(25)23-16(2)17-5-10-20-21(14-17)30-13-12-29-20/h5-10,14,16H,4,11-13,15H2,1-3H3,(H,23,25)/t16-/m1/s1. The first-order chi connectivity index (χ1) is 14.8. The summed E-state index contributed by atoms with van der Waals surface area (Å²) in [5.41, 5.74) is 1.23. The van der Waals surface area contributed by atoms with Gasteiger partial charge < -0.3 is 19.5 Å². The number of nitrogens with zero attached hydrogens (tertiary/aromatic N) is 1. The first kappa shape index (κ1) is 22.7. The Morgan fingerprint density at radius 1 is 1.13 bits per heavy atom. The molecule has 0 radical (unpaired) electrons. The normalized spacial score (nSPS) is 13.9. The molecular formula is C22H28N2O6S. The quantitative estimate of drug-likeness (QED) is 0.634. The lowest BCUT2D eigenvalue weighted by Crippen LogP contribution is -2.41. The van der Waals surface area contributed by atoms with Crippen LogP contribution in [0.4, 0.5) is 5.69 Å². The summed E-state index contributed by atoms with van der Waals surface area (Å²) in [6, 6.07) is 11.8. The number of hydrogen-bond acceptors (Lipinski definition) is 6. The van der Waals surface area contributed by atoms with E-state index in [4.69, 9.17) is 14.2 Å². The van der Waals surface area contributed by atoms with E-state index >= 15 is 0 Å².